The van der Waals surface area contributed by atoms with E-state index in [0.29, 0.717) is 25.4 Å². The van der Waals surface area contributed by atoms with Gasteiger partial charge in [-0.3, -0.25) is 19.8 Å². The van der Waals surface area contributed by atoms with Crippen molar-refractivity contribution in [2.75, 3.05) is 57.4 Å². The van der Waals surface area contributed by atoms with Gasteiger partial charge in [-0.2, -0.15) is 0 Å². The summed E-state index contributed by atoms with van der Waals surface area (Å²) in [5, 5.41) is 14.5. The van der Waals surface area contributed by atoms with Crippen molar-refractivity contribution >= 4 is 23.3 Å². The molecule has 1 aliphatic carbocycles. The first-order valence-electron chi connectivity index (χ1n) is 12.3. The molecule has 0 bridgehead atoms. The van der Waals surface area contributed by atoms with Crippen molar-refractivity contribution < 1.29 is 24.0 Å². The molecule has 2 aliphatic heterocycles. The first-order valence-corrected chi connectivity index (χ1v) is 12.3. The third-order valence-electron chi connectivity index (χ3n) is 7.27. The second-order valence-corrected chi connectivity index (χ2v) is 9.39. The highest BCUT2D eigenvalue weighted by atomic mass is 16.6. The third kappa shape index (κ3) is 5.67. The number of nitro benzene ring substituents is 1. The molecule has 1 saturated carbocycles. The Kier molecular flexibility index (Phi) is 7.99. The van der Waals surface area contributed by atoms with Crippen molar-refractivity contribution in [3.05, 3.63) is 33.9 Å². The molecule has 2 heterocycles. The molecule has 3 aliphatic rings. The Morgan fingerprint density at radius 3 is 2.44 bits per heavy atom. The quantitative estimate of drug-likeness (QED) is 0.347. The van der Waals surface area contributed by atoms with Gasteiger partial charge < -0.3 is 19.7 Å². The molecule has 186 valence electrons. The van der Waals surface area contributed by atoms with Crippen LogP contribution in [0.2, 0.25) is 0 Å². The summed E-state index contributed by atoms with van der Waals surface area (Å²) in [6, 6.07) is 4.36. The van der Waals surface area contributed by atoms with Crippen LogP contribution in [-0.4, -0.2) is 79.8 Å². The van der Waals surface area contributed by atoms with Gasteiger partial charge in [0.2, 0.25) is 0 Å². The second-order valence-electron chi connectivity index (χ2n) is 9.39. The highest BCUT2D eigenvalue weighted by Crippen LogP contribution is 2.34. The maximum absolute atomic E-state index is 12.5. The van der Waals surface area contributed by atoms with Crippen LogP contribution in [0.3, 0.4) is 0 Å². The van der Waals surface area contributed by atoms with Crippen molar-refractivity contribution in [3.8, 4) is 0 Å². The lowest BCUT2D eigenvalue weighted by Crippen LogP contribution is -2.59. The fourth-order valence-corrected chi connectivity index (χ4v) is 5.40. The molecule has 0 aromatic heterocycles. The summed E-state index contributed by atoms with van der Waals surface area (Å²) in [6.07, 6.45) is 7.51. The summed E-state index contributed by atoms with van der Waals surface area (Å²) in [5.41, 5.74) is 0.385. The number of amides is 1. The maximum Gasteiger partial charge on any atom is 0.338 e. The lowest BCUT2D eigenvalue weighted by atomic mass is 9.79. The zero-order valence-corrected chi connectivity index (χ0v) is 19.6. The number of hydrogen-bond acceptors (Lipinski definition) is 8. The van der Waals surface area contributed by atoms with E-state index >= 15 is 0 Å². The van der Waals surface area contributed by atoms with Gasteiger partial charge in [0.1, 0.15) is 5.69 Å². The smallest absolute Gasteiger partial charge is 0.338 e. The van der Waals surface area contributed by atoms with Crippen molar-refractivity contribution in [1.82, 2.24) is 10.2 Å². The van der Waals surface area contributed by atoms with Gasteiger partial charge in [-0.25, -0.2) is 4.79 Å². The standard InChI is InChI=1S/C24H34N4O6/c29-22(25-18-24(8-2-1-3-9-24)27-12-14-33-15-13-27)17-34-23(30)19-6-7-20(21(16-19)28(31)32)26-10-4-5-11-26/h6-7,16H,1-5,8-15,17-18H2,(H,25,29). The molecular weight excluding hydrogens is 440 g/mol. The molecule has 0 atom stereocenters. The molecule has 1 N–H and O–H groups in total. The average Bonchev–Trinajstić information content (AvgIpc) is 3.41. The molecule has 1 aromatic carbocycles. The summed E-state index contributed by atoms with van der Waals surface area (Å²) < 4.78 is 10.7. The topological polar surface area (TPSA) is 114 Å². The lowest BCUT2D eigenvalue weighted by molar-refractivity contribution is -0.384. The van der Waals surface area contributed by atoms with E-state index in [1.165, 1.54) is 18.6 Å². The number of carbonyl (C=O) groups is 2. The highest BCUT2D eigenvalue weighted by Gasteiger charge is 2.38. The second kappa shape index (κ2) is 11.1. The van der Waals surface area contributed by atoms with E-state index in [1.807, 2.05) is 4.90 Å². The predicted octanol–water partition coefficient (Wildman–Crippen LogP) is 2.50. The average molecular weight is 475 g/mol. The van der Waals surface area contributed by atoms with Crippen LogP contribution >= 0.6 is 0 Å². The highest BCUT2D eigenvalue weighted by molar-refractivity contribution is 5.93. The molecule has 0 radical (unpaired) electrons. The van der Waals surface area contributed by atoms with Crippen LogP contribution in [0, 0.1) is 10.1 Å². The van der Waals surface area contributed by atoms with E-state index < -0.39 is 17.5 Å². The Hall–Kier alpha value is -2.72. The van der Waals surface area contributed by atoms with E-state index in [-0.39, 0.29) is 22.7 Å². The Morgan fingerprint density at radius 2 is 1.76 bits per heavy atom. The summed E-state index contributed by atoms with van der Waals surface area (Å²) >= 11 is 0. The zero-order chi connectivity index (χ0) is 24.0. The van der Waals surface area contributed by atoms with E-state index in [2.05, 4.69) is 10.2 Å². The predicted molar refractivity (Wildman–Crippen MR) is 126 cm³/mol. The lowest BCUT2D eigenvalue weighted by Gasteiger charge is -2.48. The Morgan fingerprint density at radius 1 is 1.06 bits per heavy atom. The van der Waals surface area contributed by atoms with E-state index in [9.17, 15) is 19.7 Å². The monoisotopic (exact) mass is 474 g/mol. The minimum absolute atomic E-state index is 0.0690. The van der Waals surface area contributed by atoms with Crippen molar-refractivity contribution in [2.24, 2.45) is 0 Å². The van der Waals surface area contributed by atoms with Gasteiger partial charge in [-0.05, 0) is 37.8 Å². The fourth-order valence-electron chi connectivity index (χ4n) is 5.40. The van der Waals surface area contributed by atoms with Gasteiger partial charge in [0.05, 0.1) is 23.7 Å². The number of benzene rings is 1. The van der Waals surface area contributed by atoms with Crippen LogP contribution in [0.4, 0.5) is 11.4 Å². The fraction of sp³-hybridized carbons (Fsp3) is 0.667. The van der Waals surface area contributed by atoms with Crippen molar-refractivity contribution in [1.29, 1.82) is 0 Å². The molecule has 1 amide bonds. The molecule has 34 heavy (non-hydrogen) atoms. The number of nitrogens with one attached hydrogen (secondary N) is 1. The Labute approximate surface area is 199 Å². The number of hydrogen-bond donors (Lipinski definition) is 1. The van der Waals surface area contributed by atoms with E-state index in [4.69, 9.17) is 9.47 Å². The third-order valence-corrected chi connectivity index (χ3v) is 7.27. The van der Waals surface area contributed by atoms with Crippen molar-refractivity contribution in [2.45, 2.75) is 50.5 Å². The van der Waals surface area contributed by atoms with Crippen LogP contribution in [-0.2, 0) is 14.3 Å². The van der Waals surface area contributed by atoms with Crippen LogP contribution < -0.4 is 10.2 Å². The van der Waals surface area contributed by atoms with Crippen LogP contribution in [0.5, 0.6) is 0 Å². The number of nitrogens with zero attached hydrogens (tertiary/aromatic N) is 3. The molecular formula is C24H34N4O6. The zero-order valence-electron chi connectivity index (χ0n) is 19.6. The number of esters is 1. The number of rotatable bonds is 8. The molecule has 10 heteroatoms. The molecule has 10 nitrogen and oxygen atoms in total. The number of nitro groups is 1. The molecule has 0 unspecified atom stereocenters. The molecule has 1 aromatic rings. The molecule has 3 fully saturated rings. The molecule has 2 saturated heterocycles. The van der Waals surface area contributed by atoms with Gasteiger partial charge in [-0.1, -0.05) is 19.3 Å². The van der Waals surface area contributed by atoms with Crippen LogP contribution in [0.1, 0.15) is 55.3 Å². The maximum atomic E-state index is 12.5. The Balaban J connectivity index is 1.33. The first-order chi connectivity index (χ1) is 16.5. The van der Waals surface area contributed by atoms with Gasteiger partial charge in [0.15, 0.2) is 6.61 Å². The normalized spacial score (nSPS) is 20.6. The number of morpholine rings is 1. The summed E-state index contributed by atoms with van der Waals surface area (Å²) in [6.45, 7) is 4.74. The summed E-state index contributed by atoms with van der Waals surface area (Å²) in [4.78, 5) is 40.5. The van der Waals surface area contributed by atoms with Crippen molar-refractivity contribution in [3.63, 3.8) is 0 Å². The summed E-state index contributed by atoms with van der Waals surface area (Å²) in [5.74, 6) is -1.11. The van der Waals surface area contributed by atoms with Crippen LogP contribution in [0.15, 0.2) is 18.2 Å². The van der Waals surface area contributed by atoms with Crippen LogP contribution in [0.25, 0.3) is 0 Å². The van der Waals surface area contributed by atoms with E-state index in [1.54, 1.807) is 6.07 Å². The van der Waals surface area contributed by atoms with Gasteiger partial charge in [0.25, 0.3) is 11.6 Å². The van der Waals surface area contributed by atoms with Gasteiger partial charge in [0, 0.05) is 44.3 Å². The van der Waals surface area contributed by atoms with Gasteiger partial charge >= 0.3 is 5.97 Å². The number of ether oxygens (including phenoxy) is 2. The number of anilines is 1. The molecule has 4 rings (SSSR count). The van der Waals surface area contributed by atoms with Gasteiger partial charge in [-0.15, -0.1) is 0 Å². The minimum atomic E-state index is -0.744. The SMILES string of the molecule is O=C(COC(=O)c1ccc(N2CCCC2)c([N+](=O)[O-])c1)NCC1(N2CCOCC2)CCCCC1. The molecule has 0 spiro atoms. The van der Waals surface area contributed by atoms with E-state index in [0.717, 1.165) is 64.7 Å². The minimum Gasteiger partial charge on any atom is -0.452 e. The first kappa shape index (κ1) is 24.4. The summed E-state index contributed by atoms with van der Waals surface area (Å²) in [7, 11) is 0. The number of carbonyl (C=O) groups excluding carboxylic acids is 2. The largest absolute Gasteiger partial charge is 0.452 e. The Bertz CT molecular complexity index is 889.